The van der Waals surface area contributed by atoms with Crippen molar-refractivity contribution in [1.82, 2.24) is 20.0 Å². The minimum atomic E-state index is -4.70. The molecule has 9 rings (SSSR count). The van der Waals surface area contributed by atoms with Gasteiger partial charge in [-0.1, -0.05) is 38.1 Å². The number of nitrogens with zero attached hydrogens (tertiary/aromatic N) is 3. The van der Waals surface area contributed by atoms with E-state index in [0.717, 1.165) is 62.0 Å². The maximum absolute atomic E-state index is 14.1. The Morgan fingerprint density at radius 1 is 1.04 bits per heavy atom. The largest absolute Gasteiger partial charge is 0.485 e. The second-order valence-corrected chi connectivity index (χ2v) is 21.1. The molecule has 356 valence electrons. The number of benzene rings is 3. The van der Waals surface area contributed by atoms with Crippen LogP contribution in [0, 0.1) is 21.4 Å². The van der Waals surface area contributed by atoms with Crippen LogP contribution in [0.1, 0.15) is 113 Å². The molecule has 2 aromatic heterocycles. The van der Waals surface area contributed by atoms with Gasteiger partial charge in [-0.15, -0.1) is 0 Å². The van der Waals surface area contributed by atoms with Crippen LogP contribution in [0.3, 0.4) is 0 Å². The molecule has 4 aliphatic rings. The fourth-order valence-corrected chi connectivity index (χ4v) is 11.5. The number of carbonyl (C=O) groups is 1. The highest BCUT2D eigenvalue weighted by Gasteiger charge is 2.47. The van der Waals surface area contributed by atoms with Crippen LogP contribution >= 0.6 is 0 Å². The zero-order valence-corrected chi connectivity index (χ0v) is 39.3. The summed E-state index contributed by atoms with van der Waals surface area (Å²) < 4.78 is 54.3. The monoisotopic (exact) mass is 936 g/mol. The van der Waals surface area contributed by atoms with Gasteiger partial charge in [-0.05, 0) is 118 Å². The summed E-state index contributed by atoms with van der Waals surface area (Å²) >= 11 is 0. The maximum atomic E-state index is 14.1. The fraction of sp³-hybridized carbons (Fsp3) is 0.480. The van der Waals surface area contributed by atoms with Gasteiger partial charge in [0.25, 0.3) is 15.9 Å². The Bertz CT molecular complexity index is 2730. The Hall–Kier alpha value is -5.75. The first-order chi connectivity index (χ1) is 32.1. The number of pyridine rings is 1. The molecule has 0 bridgehead atoms. The van der Waals surface area contributed by atoms with E-state index in [1.54, 1.807) is 31.3 Å². The van der Waals surface area contributed by atoms with E-state index < -0.39 is 43.1 Å². The number of aliphatic hydroxyl groups is 1. The number of aromatic nitrogens is 2. The number of amides is 1. The number of sulfonamides is 1. The van der Waals surface area contributed by atoms with Crippen molar-refractivity contribution in [3.05, 3.63) is 106 Å². The molecule has 1 spiro atoms. The topological polar surface area (TPSA) is 207 Å². The highest BCUT2D eigenvalue weighted by atomic mass is 32.2. The molecule has 4 heterocycles. The first-order valence-electron chi connectivity index (χ1n) is 23.4. The van der Waals surface area contributed by atoms with Gasteiger partial charge < -0.3 is 39.3 Å². The van der Waals surface area contributed by atoms with Crippen molar-refractivity contribution in [1.29, 1.82) is 0 Å². The quantitative estimate of drug-likeness (QED) is 0.0573. The number of fused-ring (bicyclic) bond motifs is 2. The molecule has 0 unspecified atom stereocenters. The van der Waals surface area contributed by atoms with Gasteiger partial charge >= 0.3 is 5.69 Å². The lowest BCUT2D eigenvalue weighted by Crippen LogP contribution is -2.54. The summed E-state index contributed by atoms with van der Waals surface area (Å²) in [5, 5.41) is 27.5. The van der Waals surface area contributed by atoms with Crippen molar-refractivity contribution < 1.29 is 42.2 Å². The lowest BCUT2D eigenvalue weighted by Gasteiger charge is -2.53. The Balaban J connectivity index is 0.908. The molecule has 2 aliphatic heterocycles. The molecule has 16 nitrogen and oxygen atoms in total. The summed E-state index contributed by atoms with van der Waals surface area (Å²) in [5.41, 5.74) is 2.87. The summed E-state index contributed by atoms with van der Waals surface area (Å²) in [6.07, 6.45) is 9.29. The summed E-state index contributed by atoms with van der Waals surface area (Å²) in [5.74, 6) is -0.432. The third-order valence-electron chi connectivity index (χ3n) is 14.3. The number of hydrogen-bond donors (Lipinski definition) is 4. The summed E-state index contributed by atoms with van der Waals surface area (Å²) in [7, 11) is -4.70. The minimum Gasteiger partial charge on any atom is -0.485 e. The molecule has 2 aliphatic carbocycles. The average Bonchev–Trinajstić information content (AvgIpc) is 3.77. The van der Waals surface area contributed by atoms with Crippen molar-refractivity contribution >= 4 is 38.3 Å². The van der Waals surface area contributed by atoms with Crippen LogP contribution in [0.4, 0.5) is 11.4 Å². The number of aromatic amines is 1. The van der Waals surface area contributed by atoms with Crippen LogP contribution in [0.15, 0.2) is 84.0 Å². The van der Waals surface area contributed by atoms with E-state index in [9.17, 15) is 28.4 Å². The Labute approximate surface area is 390 Å². The molecular weight excluding hydrogens is 877 g/mol. The van der Waals surface area contributed by atoms with Gasteiger partial charge in [-0.25, -0.2) is 18.1 Å². The van der Waals surface area contributed by atoms with Crippen LogP contribution < -0.4 is 29.1 Å². The second-order valence-electron chi connectivity index (χ2n) is 19.4. The molecule has 2 saturated carbocycles. The van der Waals surface area contributed by atoms with E-state index >= 15 is 0 Å². The first kappa shape index (κ1) is 46.4. The Kier molecular flexibility index (Phi) is 13.0. The molecule has 67 heavy (non-hydrogen) atoms. The number of anilines is 1. The minimum absolute atomic E-state index is 0.00715. The van der Waals surface area contributed by atoms with Crippen molar-refractivity contribution in [3.8, 4) is 23.0 Å². The number of ether oxygens (including phenoxy) is 4. The summed E-state index contributed by atoms with van der Waals surface area (Å²) in [4.78, 5) is 34.9. The highest BCUT2D eigenvalue weighted by molar-refractivity contribution is 7.90. The van der Waals surface area contributed by atoms with E-state index in [0.29, 0.717) is 62.3 Å². The smallest absolute Gasteiger partial charge is 0.316 e. The number of carbonyl (C=O) groups excluding carboxylic acids is 1. The molecule has 3 fully saturated rings. The number of nitro benzene ring substituents is 1. The van der Waals surface area contributed by atoms with Crippen molar-refractivity contribution in [3.63, 3.8) is 0 Å². The number of piperidine rings is 1. The SMILES string of the molecule is CCOC[C@@H](NC1CC2(CCN(c3ccc(C(=O)NS(=O)(=O)c4cc5c(c([N+](=O)[O-])c4)O[C@H](C4CCC(C)(O)CC4)CO5)c(Oc4cnc5[nH]ccc5c4)c3)CC2)C1)c1ccccc1C(C)C. The van der Waals surface area contributed by atoms with Crippen molar-refractivity contribution in [2.45, 2.75) is 114 Å². The van der Waals surface area contributed by atoms with E-state index in [1.165, 1.54) is 23.4 Å². The van der Waals surface area contributed by atoms with E-state index in [-0.39, 0.29) is 46.8 Å². The first-order valence-corrected chi connectivity index (χ1v) is 24.9. The molecule has 3 aromatic carbocycles. The summed E-state index contributed by atoms with van der Waals surface area (Å²) in [6, 6.07) is 19.8. The predicted molar refractivity (Wildman–Crippen MR) is 253 cm³/mol. The summed E-state index contributed by atoms with van der Waals surface area (Å²) in [6.45, 7) is 11.2. The lowest BCUT2D eigenvalue weighted by molar-refractivity contribution is -0.386. The third kappa shape index (κ3) is 9.96. The van der Waals surface area contributed by atoms with Crippen LogP contribution in [0.5, 0.6) is 23.0 Å². The van der Waals surface area contributed by atoms with Crippen LogP contribution in [-0.2, 0) is 14.8 Å². The number of H-pyrrole nitrogens is 1. The average molecular weight is 937 g/mol. The molecule has 1 amide bonds. The van der Waals surface area contributed by atoms with Gasteiger partial charge in [0, 0.05) is 61.2 Å². The van der Waals surface area contributed by atoms with Crippen molar-refractivity contribution in [2.75, 3.05) is 37.8 Å². The van der Waals surface area contributed by atoms with Gasteiger partial charge in [0.1, 0.15) is 29.9 Å². The van der Waals surface area contributed by atoms with Crippen LogP contribution in [-0.4, -0.2) is 85.0 Å². The van der Waals surface area contributed by atoms with Gasteiger partial charge in [0.05, 0.1) is 39.8 Å². The molecule has 5 aromatic rings. The molecule has 0 radical (unpaired) electrons. The highest BCUT2D eigenvalue weighted by Crippen LogP contribution is 2.51. The van der Waals surface area contributed by atoms with Crippen molar-refractivity contribution in [2.24, 2.45) is 11.3 Å². The van der Waals surface area contributed by atoms with Crippen LogP contribution in [0.2, 0.25) is 0 Å². The van der Waals surface area contributed by atoms with E-state index in [1.807, 2.05) is 13.0 Å². The Morgan fingerprint density at radius 3 is 2.51 bits per heavy atom. The molecule has 4 N–H and O–H groups in total. The number of rotatable bonds is 15. The molecule has 1 saturated heterocycles. The normalized spacial score (nSPS) is 22.1. The van der Waals surface area contributed by atoms with E-state index in [4.69, 9.17) is 18.9 Å². The zero-order valence-electron chi connectivity index (χ0n) is 38.5. The van der Waals surface area contributed by atoms with Gasteiger partial charge in [-0.2, -0.15) is 0 Å². The molecular formula is C50H60N6O10S. The maximum Gasteiger partial charge on any atom is 0.316 e. The van der Waals surface area contributed by atoms with E-state index in [2.05, 4.69) is 63.0 Å². The lowest BCUT2D eigenvalue weighted by atomic mass is 9.60. The second kappa shape index (κ2) is 18.7. The molecule has 2 atom stereocenters. The van der Waals surface area contributed by atoms with Crippen LogP contribution in [0.25, 0.3) is 11.0 Å². The fourth-order valence-electron chi connectivity index (χ4n) is 10.5. The van der Waals surface area contributed by atoms with Gasteiger partial charge in [0.15, 0.2) is 5.75 Å². The Morgan fingerprint density at radius 2 is 1.79 bits per heavy atom. The molecule has 17 heteroatoms. The van der Waals surface area contributed by atoms with Gasteiger partial charge in [0.2, 0.25) is 5.75 Å². The zero-order chi connectivity index (χ0) is 47.1. The number of hydrogen-bond acceptors (Lipinski definition) is 13. The standard InChI is InChI=1S/C50H60N6O10S/c1-5-63-29-41(39-9-7-6-8-38(39)31(2)3)53-34-26-50(27-34)17-20-55(21-18-50)35-10-11-40(43(23-35)65-36-22-33-14-19-51-47(33)52-28-36)48(57)54-67(61,62)37-24-42(56(59)60)46-44(25-37)64-30-45(66-46)32-12-15-49(4,58)16-13-32/h6-11,14,19,22-25,28,31-32,34,41,45,53,58H,5,12-13,15-18,20-21,26-27,29-30H2,1-4H3,(H,51,52)(H,54,57)/t32?,41-,45+,49?/m1/s1. The predicted octanol–water partition coefficient (Wildman–Crippen LogP) is 8.70. The number of nitro groups is 1. The number of nitrogens with one attached hydrogen (secondary N) is 3. The third-order valence-corrected chi connectivity index (χ3v) is 15.6. The van der Waals surface area contributed by atoms with Gasteiger partial charge in [-0.3, -0.25) is 14.9 Å².